The van der Waals surface area contributed by atoms with Crippen molar-refractivity contribution in [2.45, 2.75) is 58.4 Å². The Bertz CT molecular complexity index is 1730. The number of ether oxygens (including phenoxy) is 1. The summed E-state index contributed by atoms with van der Waals surface area (Å²) in [5, 5.41) is 14.7. The van der Waals surface area contributed by atoms with Gasteiger partial charge in [0.1, 0.15) is 6.61 Å². The van der Waals surface area contributed by atoms with E-state index in [9.17, 15) is 23.1 Å². The Morgan fingerprint density at radius 3 is 2.10 bits per heavy atom. The molecule has 0 aliphatic heterocycles. The number of benzene rings is 4. The van der Waals surface area contributed by atoms with Gasteiger partial charge in [-0.25, -0.2) is 13.2 Å². The van der Waals surface area contributed by atoms with Crippen molar-refractivity contribution in [1.29, 1.82) is 0 Å². The minimum atomic E-state index is -3.55. The van der Waals surface area contributed by atoms with Crippen LogP contribution in [0.3, 0.4) is 0 Å². The Hall–Kier alpha value is -4.67. The predicted octanol–water partition coefficient (Wildman–Crippen LogP) is 5.97. The molecule has 9 nitrogen and oxygen atoms in total. The van der Waals surface area contributed by atoms with Gasteiger partial charge in [-0.05, 0) is 59.7 Å². The highest BCUT2D eigenvalue weighted by Gasteiger charge is 2.28. The molecule has 0 heterocycles. The van der Waals surface area contributed by atoms with E-state index in [4.69, 9.17) is 4.74 Å². The van der Waals surface area contributed by atoms with Crippen LogP contribution in [0.1, 0.15) is 52.9 Å². The van der Waals surface area contributed by atoms with E-state index in [0.717, 1.165) is 28.7 Å². The first-order valence-electron chi connectivity index (χ1n) is 16.2. The molecule has 4 aromatic rings. The SMILES string of the molecule is CCCS(=O)(=O)N(C)c1cccc(C(=O)N[C@@H](Cc2ccccc2)[C@H](O)CN(Cc2cccc(CC)c2)C(=O)OCc2ccccc2)c1. The van der Waals surface area contributed by atoms with Gasteiger partial charge in [0.2, 0.25) is 10.0 Å². The number of aliphatic hydroxyl groups is 1. The summed E-state index contributed by atoms with van der Waals surface area (Å²) < 4.78 is 32.2. The molecule has 0 unspecified atom stereocenters. The lowest BCUT2D eigenvalue weighted by atomic mass is 9.99. The van der Waals surface area contributed by atoms with Crippen molar-refractivity contribution < 1.29 is 27.9 Å². The van der Waals surface area contributed by atoms with E-state index in [2.05, 4.69) is 12.2 Å². The van der Waals surface area contributed by atoms with Gasteiger partial charge < -0.3 is 20.1 Å². The van der Waals surface area contributed by atoms with E-state index >= 15 is 0 Å². The van der Waals surface area contributed by atoms with Gasteiger partial charge in [0.25, 0.3) is 5.91 Å². The number of hydrogen-bond acceptors (Lipinski definition) is 6. The third-order valence-electron chi connectivity index (χ3n) is 8.07. The lowest BCUT2D eigenvalue weighted by molar-refractivity contribution is 0.0500. The van der Waals surface area contributed by atoms with E-state index < -0.39 is 34.2 Å². The number of carbonyl (C=O) groups is 2. The van der Waals surface area contributed by atoms with E-state index in [1.54, 1.807) is 25.1 Å². The number of aryl methyl sites for hydroxylation is 1. The van der Waals surface area contributed by atoms with Gasteiger partial charge in [0.15, 0.2) is 0 Å². The fourth-order valence-corrected chi connectivity index (χ4v) is 6.56. The Balaban J connectivity index is 1.58. The van der Waals surface area contributed by atoms with Crippen molar-refractivity contribution in [2.75, 3.05) is 23.7 Å². The van der Waals surface area contributed by atoms with E-state index in [1.165, 1.54) is 22.3 Å². The molecule has 0 fully saturated rings. The molecule has 4 rings (SSSR count). The Morgan fingerprint density at radius 2 is 1.44 bits per heavy atom. The van der Waals surface area contributed by atoms with Crippen molar-refractivity contribution in [3.8, 4) is 0 Å². The molecule has 2 N–H and O–H groups in total. The summed E-state index contributed by atoms with van der Waals surface area (Å²) >= 11 is 0. The quantitative estimate of drug-likeness (QED) is 0.152. The molecule has 254 valence electrons. The minimum Gasteiger partial charge on any atom is -0.445 e. The third-order valence-corrected chi connectivity index (χ3v) is 10.0. The second-order valence-corrected chi connectivity index (χ2v) is 13.9. The maximum absolute atomic E-state index is 13.6. The first-order chi connectivity index (χ1) is 23.1. The maximum atomic E-state index is 13.6. The van der Waals surface area contributed by atoms with Crippen molar-refractivity contribution in [2.24, 2.45) is 0 Å². The molecule has 0 bridgehead atoms. The third kappa shape index (κ3) is 10.4. The second-order valence-electron chi connectivity index (χ2n) is 11.8. The number of hydrogen-bond donors (Lipinski definition) is 2. The number of sulfonamides is 1. The molecule has 0 spiro atoms. The van der Waals surface area contributed by atoms with Gasteiger partial charge in [-0.2, -0.15) is 0 Å². The zero-order valence-corrected chi connectivity index (χ0v) is 28.6. The average Bonchev–Trinajstić information content (AvgIpc) is 3.10. The van der Waals surface area contributed by atoms with Gasteiger partial charge in [-0.15, -0.1) is 0 Å². The summed E-state index contributed by atoms with van der Waals surface area (Å²) in [4.78, 5) is 28.6. The number of amides is 2. The molecular weight excluding hydrogens is 627 g/mol. The molecule has 0 saturated heterocycles. The number of anilines is 1. The van der Waals surface area contributed by atoms with Crippen LogP contribution in [0.25, 0.3) is 0 Å². The van der Waals surface area contributed by atoms with Crippen LogP contribution < -0.4 is 9.62 Å². The van der Waals surface area contributed by atoms with Gasteiger partial charge in [0, 0.05) is 19.2 Å². The van der Waals surface area contributed by atoms with E-state index in [0.29, 0.717) is 12.1 Å². The van der Waals surface area contributed by atoms with Gasteiger partial charge in [-0.1, -0.05) is 105 Å². The highest BCUT2D eigenvalue weighted by Crippen LogP contribution is 2.20. The van der Waals surface area contributed by atoms with Crippen LogP contribution in [0, 0.1) is 0 Å². The molecule has 2 amide bonds. The van der Waals surface area contributed by atoms with Crippen LogP contribution >= 0.6 is 0 Å². The zero-order chi connectivity index (χ0) is 34.5. The van der Waals surface area contributed by atoms with Crippen LogP contribution in [0.4, 0.5) is 10.5 Å². The molecule has 2 atom stereocenters. The average molecular weight is 672 g/mol. The Labute approximate surface area is 284 Å². The van der Waals surface area contributed by atoms with Crippen LogP contribution in [0.2, 0.25) is 0 Å². The smallest absolute Gasteiger partial charge is 0.410 e. The maximum Gasteiger partial charge on any atom is 0.410 e. The van der Waals surface area contributed by atoms with Gasteiger partial charge in [0.05, 0.1) is 30.1 Å². The second kappa shape index (κ2) is 17.5. The molecule has 0 aliphatic rings. The predicted molar refractivity (Wildman–Crippen MR) is 189 cm³/mol. The lowest BCUT2D eigenvalue weighted by Crippen LogP contribution is -2.50. The van der Waals surface area contributed by atoms with Crippen molar-refractivity contribution in [3.63, 3.8) is 0 Å². The zero-order valence-electron chi connectivity index (χ0n) is 27.8. The monoisotopic (exact) mass is 671 g/mol. The number of rotatable bonds is 16. The number of nitrogens with one attached hydrogen (secondary N) is 1. The molecule has 0 aliphatic carbocycles. The fraction of sp³-hybridized carbons (Fsp3) is 0.316. The Morgan fingerprint density at radius 1 is 0.812 bits per heavy atom. The minimum absolute atomic E-state index is 0.0156. The van der Waals surface area contributed by atoms with Gasteiger partial charge in [-0.3, -0.25) is 9.10 Å². The topological polar surface area (TPSA) is 116 Å². The summed E-state index contributed by atoms with van der Waals surface area (Å²) in [6.07, 6.45) is -0.178. The molecule has 0 aromatic heterocycles. The first kappa shape index (κ1) is 36.2. The lowest BCUT2D eigenvalue weighted by Gasteiger charge is -2.30. The fourth-order valence-electron chi connectivity index (χ4n) is 5.34. The largest absolute Gasteiger partial charge is 0.445 e. The highest BCUT2D eigenvalue weighted by atomic mass is 32.2. The molecular formula is C38H45N3O6S. The standard InChI is InChI=1S/C38H45N3O6S/c1-4-22-48(45,46)40(3)34-21-13-20-33(25-34)37(43)39-35(24-30-14-8-6-9-15-30)36(42)27-41(26-32-19-12-18-29(5-2)23-32)38(44)47-28-31-16-10-7-11-17-31/h6-21,23,25,35-36,42H,4-5,22,24,26-28H2,1-3H3,(H,39,43)/t35-,36+/m0/s1. The van der Waals surface area contributed by atoms with E-state index in [1.807, 2.05) is 84.9 Å². The summed E-state index contributed by atoms with van der Waals surface area (Å²) in [5.74, 6) is -0.495. The Kier molecular flexibility index (Phi) is 13.2. The summed E-state index contributed by atoms with van der Waals surface area (Å²) in [5.41, 5.74) is 4.33. The first-order valence-corrected chi connectivity index (χ1v) is 17.8. The molecule has 4 aromatic carbocycles. The van der Waals surface area contributed by atoms with Crippen LogP contribution in [-0.2, 0) is 40.8 Å². The van der Waals surface area contributed by atoms with Crippen LogP contribution in [0.5, 0.6) is 0 Å². The molecule has 0 saturated carbocycles. The summed E-state index contributed by atoms with van der Waals surface area (Å²) in [6, 6.07) is 32.3. The normalized spacial score (nSPS) is 12.5. The molecule has 48 heavy (non-hydrogen) atoms. The number of carbonyl (C=O) groups excluding carboxylic acids is 2. The molecule has 10 heteroatoms. The van der Waals surface area contributed by atoms with E-state index in [-0.39, 0.29) is 37.4 Å². The highest BCUT2D eigenvalue weighted by molar-refractivity contribution is 7.92. The molecule has 0 radical (unpaired) electrons. The van der Waals surface area contributed by atoms with Crippen molar-refractivity contribution in [3.05, 3.63) is 137 Å². The van der Waals surface area contributed by atoms with Crippen LogP contribution in [0.15, 0.2) is 109 Å². The number of aliphatic hydroxyl groups excluding tert-OH is 1. The summed E-state index contributed by atoms with van der Waals surface area (Å²) in [6.45, 7) is 4.01. The van der Waals surface area contributed by atoms with Crippen molar-refractivity contribution in [1.82, 2.24) is 10.2 Å². The summed E-state index contributed by atoms with van der Waals surface area (Å²) in [7, 11) is -2.08. The van der Waals surface area contributed by atoms with Crippen LogP contribution in [-0.4, -0.2) is 61.9 Å². The van der Waals surface area contributed by atoms with Crippen molar-refractivity contribution >= 4 is 27.7 Å². The van der Waals surface area contributed by atoms with Gasteiger partial charge >= 0.3 is 6.09 Å². The number of nitrogens with zero attached hydrogens (tertiary/aromatic N) is 2.